The molecule has 2 N–H and O–H groups in total. The molecule has 1 aromatic heterocycles. The lowest BCUT2D eigenvalue weighted by molar-refractivity contribution is 0.0915. The summed E-state index contributed by atoms with van der Waals surface area (Å²) in [5.41, 5.74) is 6.74. The van der Waals surface area contributed by atoms with Crippen LogP contribution in [0.25, 0.3) is 10.8 Å². The smallest absolute Gasteiger partial charge is 0.169 e. The monoisotopic (exact) mass is 240 g/mol. The van der Waals surface area contributed by atoms with Crippen molar-refractivity contribution in [3.63, 3.8) is 0 Å². The van der Waals surface area contributed by atoms with Gasteiger partial charge in [0.05, 0.1) is 0 Å². The lowest BCUT2D eigenvalue weighted by Crippen LogP contribution is -2.30. The van der Waals surface area contributed by atoms with E-state index in [4.69, 9.17) is 5.73 Å². The molecular weight excluding hydrogens is 224 g/mol. The van der Waals surface area contributed by atoms with Gasteiger partial charge >= 0.3 is 0 Å². The van der Waals surface area contributed by atoms with Crippen molar-refractivity contribution in [2.75, 3.05) is 0 Å². The van der Waals surface area contributed by atoms with E-state index in [2.05, 4.69) is 4.98 Å². The molecule has 2 atom stereocenters. The van der Waals surface area contributed by atoms with Gasteiger partial charge in [-0.25, -0.2) is 0 Å². The summed E-state index contributed by atoms with van der Waals surface area (Å²) in [6.07, 6.45) is 6.38. The van der Waals surface area contributed by atoms with Crippen molar-refractivity contribution in [2.24, 2.45) is 11.7 Å². The summed E-state index contributed by atoms with van der Waals surface area (Å²) in [6.45, 7) is 0. The molecule has 92 valence electrons. The maximum Gasteiger partial charge on any atom is 0.169 e. The summed E-state index contributed by atoms with van der Waals surface area (Å²) in [7, 11) is 0. The van der Waals surface area contributed by atoms with E-state index in [1.165, 1.54) is 0 Å². The second-order valence-electron chi connectivity index (χ2n) is 4.97. The van der Waals surface area contributed by atoms with Gasteiger partial charge in [-0.2, -0.15) is 0 Å². The van der Waals surface area contributed by atoms with Gasteiger partial charge in [-0.15, -0.1) is 0 Å². The minimum Gasteiger partial charge on any atom is -0.327 e. The van der Waals surface area contributed by atoms with Gasteiger partial charge in [0.25, 0.3) is 0 Å². The SMILES string of the molecule is NC1CCCC1C(=O)c1cncc2ccccc12. The number of hydrogen-bond acceptors (Lipinski definition) is 3. The zero-order valence-corrected chi connectivity index (χ0v) is 10.2. The third kappa shape index (κ3) is 1.81. The van der Waals surface area contributed by atoms with Crippen molar-refractivity contribution in [1.82, 2.24) is 4.98 Å². The van der Waals surface area contributed by atoms with Crippen molar-refractivity contribution in [2.45, 2.75) is 25.3 Å². The highest BCUT2D eigenvalue weighted by Gasteiger charge is 2.31. The fraction of sp³-hybridized carbons (Fsp3) is 0.333. The highest BCUT2D eigenvalue weighted by molar-refractivity contribution is 6.08. The highest BCUT2D eigenvalue weighted by atomic mass is 16.1. The number of nitrogens with zero attached hydrogens (tertiary/aromatic N) is 1. The Labute approximate surface area is 106 Å². The average molecular weight is 240 g/mol. The number of aromatic nitrogens is 1. The summed E-state index contributed by atoms with van der Waals surface area (Å²) in [4.78, 5) is 16.7. The predicted molar refractivity (Wildman–Crippen MR) is 71.4 cm³/mol. The Morgan fingerprint density at radius 1 is 1.22 bits per heavy atom. The molecule has 0 bridgehead atoms. The standard InChI is InChI=1S/C15H16N2O/c16-14-7-3-6-12(14)15(18)13-9-17-8-10-4-1-2-5-11(10)13/h1-2,4-5,8-9,12,14H,3,6-7,16H2. The summed E-state index contributed by atoms with van der Waals surface area (Å²) >= 11 is 0. The molecule has 3 nitrogen and oxygen atoms in total. The van der Waals surface area contributed by atoms with Gasteiger partial charge < -0.3 is 5.73 Å². The first-order valence-electron chi connectivity index (χ1n) is 6.40. The van der Waals surface area contributed by atoms with Crippen molar-refractivity contribution >= 4 is 16.6 Å². The third-order valence-electron chi connectivity index (χ3n) is 3.84. The third-order valence-corrected chi connectivity index (χ3v) is 3.84. The highest BCUT2D eigenvalue weighted by Crippen LogP contribution is 2.29. The molecule has 0 saturated heterocycles. The molecule has 2 aromatic rings. The molecule has 18 heavy (non-hydrogen) atoms. The Kier molecular flexibility index (Phi) is 2.84. The summed E-state index contributed by atoms with van der Waals surface area (Å²) in [5.74, 6) is 0.127. The van der Waals surface area contributed by atoms with Crippen LogP contribution in [0.15, 0.2) is 36.7 Å². The minimum atomic E-state index is -0.0300. The zero-order valence-electron chi connectivity index (χ0n) is 10.2. The lowest BCUT2D eigenvalue weighted by atomic mass is 9.92. The van der Waals surface area contributed by atoms with Gasteiger partial charge in [0.2, 0.25) is 0 Å². The molecule has 1 saturated carbocycles. The summed E-state index contributed by atoms with van der Waals surface area (Å²) < 4.78 is 0. The van der Waals surface area contributed by atoms with E-state index in [-0.39, 0.29) is 17.7 Å². The quantitative estimate of drug-likeness (QED) is 0.821. The van der Waals surface area contributed by atoms with Crippen LogP contribution in [0.4, 0.5) is 0 Å². The molecule has 0 aliphatic heterocycles. The maximum absolute atomic E-state index is 12.6. The van der Waals surface area contributed by atoms with Crippen molar-refractivity contribution in [3.05, 3.63) is 42.2 Å². The van der Waals surface area contributed by atoms with Crippen LogP contribution >= 0.6 is 0 Å². The minimum absolute atomic E-state index is 0.0106. The van der Waals surface area contributed by atoms with Crippen LogP contribution in [0.2, 0.25) is 0 Å². The number of fused-ring (bicyclic) bond motifs is 1. The number of nitrogens with two attached hydrogens (primary N) is 1. The molecule has 1 aliphatic rings. The van der Waals surface area contributed by atoms with E-state index in [0.29, 0.717) is 0 Å². The normalized spacial score (nSPS) is 23.4. The maximum atomic E-state index is 12.6. The number of Topliss-reactive ketones (excluding diaryl/α,β-unsaturated/α-hetero) is 1. The lowest BCUT2D eigenvalue weighted by Gasteiger charge is -2.14. The number of ketones is 1. The molecule has 1 heterocycles. The van der Waals surface area contributed by atoms with Crippen molar-refractivity contribution in [1.29, 1.82) is 0 Å². The molecule has 0 radical (unpaired) electrons. The van der Waals surface area contributed by atoms with Crippen LogP contribution < -0.4 is 5.73 Å². The summed E-state index contributed by atoms with van der Waals surface area (Å²) in [6, 6.07) is 7.88. The number of hydrogen-bond donors (Lipinski definition) is 1. The Morgan fingerprint density at radius 2 is 2.06 bits per heavy atom. The molecule has 3 heteroatoms. The van der Waals surface area contributed by atoms with Crippen molar-refractivity contribution in [3.8, 4) is 0 Å². The molecule has 2 unspecified atom stereocenters. The Hall–Kier alpha value is -1.74. The molecule has 0 spiro atoms. The molecule has 3 rings (SSSR count). The average Bonchev–Trinajstić information content (AvgIpc) is 2.83. The zero-order chi connectivity index (χ0) is 12.5. The first kappa shape index (κ1) is 11.4. The number of benzene rings is 1. The molecule has 1 fully saturated rings. The number of pyridine rings is 1. The summed E-state index contributed by atoms with van der Waals surface area (Å²) in [5, 5.41) is 1.99. The van der Waals surface area contributed by atoms with E-state index in [1.54, 1.807) is 12.4 Å². The largest absolute Gasteiger partial charge is 0.327 e. The molecular formula is C15H16N2O. The van der Waals surface area contributed by atoms with Crippen LogP contribution in [-0.4, -0.2) is 16.8 Å². The Bertz CT molecular complexity index is 589. The van der Waals surface area contributed by atoms with Crippen LogP contribution in [0.1, 0.15) is 29.6 Å². The van der Waals surface area contributed by atoms with Gasteiger partial charge in [0.15, 0.2) is 5.78 Å². The van der Waals surface area contributed by atoms with Gasteiger partial charge in [-0.05, 0) is 18.2 Å². The second-order valence-corrected chi connectivity index (χ2v) is 4.97. The van der Waals surface area contributed by atoms with E-state index < -0.39 is 0 Å². The van der Waals surface area contributed by atoms with Crippen LogP contribution in [0.5, 0.6) is 0 Å². The van der Waals surface area contributed by atoms with Crippen LogP contribution in [-0.2, 0) is 0 Å². The predicted octanol–water partition coefficient (Wildman–Crippen LogP) is 2.54. The topological polar surface area (TPSA) is 56.0 Å². The molecule has 1 aromatic carbocycles. The van der Waals surface area contributed by atoms with E-state index in [9.17, 15) is 4.79 Å². The van der Waals surface area contributed by atoms with E-state index in [0.717, 1.165) is 35.6 Å². The Morgan fingerprint density at radius 3 is 2.83 bits per heavy atom. The Balaban J connectivity index is 2.06. The van der Waals surface area contributed by atoms with Gasteiger partial charge in [0, 0.05) is 35.3 Å². The van der Waals surface area contributed by atoms with Crippen LogP contribution in [0, 0.1) is 5.92 Å². The fourth-order valence-corrected chi connectivity index (χ4v) is 2.83. The van der Waals surface area contributed by atoms with Crippen LogP contribution in [0.3, 0.4) is 0 Å². The second kappa shape index (κ2) is 4.50. The van der Waals surface area contributed by atoms with E-state index >= 15 is 0 Å². The first-order valence-corrected chi connectivity index (χ1v) is 6.40. The van der Waals surface area contributed by atoms with E-state index in [1.807, 2.05) is 24.3 Å². The molecule has 0 amide bonds. The van der Waals surface area contributed by atoms with Gasteiger partial charge in [-0.1, -0.05) is 30.7 Å². The number of rotatable bonds is 2. The van der Waals surface area contributed by atoms with Gasteiger partial charge in [0.1, 0.15) is 0 Å². The molecule has 1 aliphatic carbocycles. The number of carbonyl (C=O) groups is 1. The fourth-order valence-electron chi connectivity index (χ4n) is 2.83. The number of carbonyl (C=O) groups excluding carboxylic acids is 1. The first-order chi connectivity index (χ1) is 8.77. The van der Waals surface area contributed by atoms with Gasteiger partial charge in [-0.3, -0.25) is 9.78 Å². The van der Waals surface area contributed by atoms with Crippen molar-refractivity contribution < 1.29 is 4.79 Å².